The summed E-state index contributed by atoms with van der Waals surface area (Å²) in [5, 5.41) is 8.91. The number of nitrogens with zero attached hydrogens (tertiary/aromatic N) is 1. The Morgan fingerprint density at radius 2 is 2.28 bits per heavy atom. The minimum Gasteiger partial charge on any atom is -0.478 e. The van der Waals surface area contributed by atoms with Gasteiger partial charge in [0.1, 0.15) is 12.0 Å². The molecule has 0 fully saturated rings. The summed E-state index contributed by atoms with van der Waals surface area (Å²) in [7, 11) is 0. The molecule has 0 aliphatic rings. The summed E-state index contributed by atoms with van der Waals surface area (Å²) < 4.78 is 10.3. The smallest absolute Gasteiger partial charge is 0.335 e. The van der Waals surface area contributed by atoms with E-state index in [9.17, 15) is 4.79 Å². The third-order valence-electron chi connectivity index (χ3n) is 2.52. The summed E-state index contributed by atoms with van der Waals surface area (Å²) in [6.07, 6.45) is 2.88. The zero-order valence-electron chi connectivity index (χ0n) is 9.92. The van der Waals surface area contributed by atoms with Crippen molar-refractivity contribution in [3.63, 3.8) is 0 Å². The Balaban J connectivity index is 1.94. The maximum atomic E-state index is 10.9. The van der Waals surface area contributed by atoms with Crippen molar-refractivity contribution in [2.24, 2.45) is 0 Å². The van der Waals surface area contributed by atoms with Crippen molar-refractivity contribution in [3.05, 3.63) is 53.2 Å². The van der Waals surface area contributed by atoms with Crippen molar-refractivity contribution in [2.75, 3.05) is 0 Å². The van der Waals surface area contributed by atoms with E-state index >= 15 is 0 Å². The molecule has 0 amide bonds. The first-order chi connectivity index (χ1) is 8.66. The van der Waals surface area contributed by atoms with Crippen molar-refractivity contribution in [3.8, 4) is 0 Å². The second-order valence-corrected chi connectivity index (χ2v) is 3.93. The van der Waals surface area contributed by atoms with E-state index in [2.05, 4.69) is 4.98 Å². The number of hydrogen-bond donors (Lipinski definition) is 1. The SMILES string of the molecule is Cc1cc(COCc2cocn2)ccc1C(=O)O. The normalized spacial score (nSPS) is 10.5. The van der Waals surface area contributed by atoms with Gasteiger partial charge in [0.25, 0.3) is 0 Å². The highest BCUT2D eigenvalue weighted by Crippen LogP contribution is 2.12. The second-order valence-electron chi connectivity index (χ2n) is 3.93. The summed E-state index contributed by atoms with van der Waals surface area (Å²) in [6.45, 7) is 2.55. The minimum atomic E-state index is -0.914. The number of oxazole rings is 1. The Kier molecular flexibility index (Phi) is 3.74. The number of benzene rings is 1. The molecule has 0 unspecified atom stereocenters. The molecule has 1 heterocycles. The Hall–Kier alpha value is -2.14. The molecule has 2 aromatic rings. The molecule has 2 rings (SSSR count). The first-order valence-electron chi connectivity index (χ1n) is 5.44. The van der Waals surface area contributed by atoms with E-state index in [0.717, 1.165) is 16.8 Å². The molecule has 0 bridgehead atoms. The Morgan fingerprint density at radius 3 is 2.89 bits per heavy atom. The monoisotopic (exact) mass is 247 g/mol. The van der Waals surface area contributed by atoms with Crippen LogP contribution in [0.5, 0.6) is 0 Å². The summed E-state index contributed by atoms with van der Waals surface area (Å²) >= 11 is 0. The fraction of sp³-hybridized carbons (Fsp3) is 0.231. The summed E-state index contributed by atoms with van der Waals surface area (Å²) in [4.78, 5) is 14.8. The maximum Gasteiger partial charge on any atom is 0.335 e. The van der Waals surface area contributed by atoms with Crippen LogP contribution in [0.25, 0.3) is 0 Å². The van der Waals surface area contributed by atoms with Crippen LogP contribution in [-0.4, -0.2) is 16.1 Å². The van der Waals surface area contributed by atoms with Gasteiger partial charge in [0.2, 0.25) is 0 Å². The van der Waals surface area contributed by atoms with Crippen LogP contribution >= 0.6 is 0 Å². The number of ether oxygens (including phenoxy) is 1. The topological polar surface area (TPSA) is 72.6 Å². The average molecular weight is 247 g/mol. The van der Waals surface area contributed by atoms with Crippen molar-refractivity contribution in [1.29, 1.82) is 0 Å². The van der Waals surface area contributed by atoms with Crippen LogP contribution in [0.4, 0.5) is 0 Å². The Labute approximate surface area is 104 Å². The van der Waals surface area contributed by atoms with Crippen molar-refractivity contribution >= 4 is 5.97 Å². The molecule has 0 saturated heterocycles. The van der Waals surface area contributed by atoms with E-state index in [1.165, 1.54) is 12.7 Å². The lowest BCUT2D eigenvalue weighted by atomic mass is 10.1. The second kappa shape index (κ2) is 5.46. The van der Waals surface area contributed by atoms with Gasteiger partial charge in [-0.05, 0) is 24.1 Å². The number of carboxylic acids is 1. The van der Waals surface area contributed by atoms with Gasteiger partial charge in [0.05, 0.1) is 18.8 Å². The van der Waals surface area contributed by atoms with Crippen LogP contribution in [0.2, 0.25) is 0 Å². The number of hydrogen-bond acceptors (Lipinski definition) is 4. The molecular formula is C13H13NO4. The average Bonchev–Trinajstić information content (AvgIpc) is 2.81. The van der Waals surface area contributed by atoms with Crippen molar-refractivity contribution in [1.82, 2.24) is 4.98 Å². The molecule has 0 aliphatic heterocycles. The lowest BCUT2D eigenvalue weighted by Gasteiger charge is -2.05. The van der Waals surface area contributed by atoms with Crippen LogP contribution in [-0.2, 0) is 18.0 Å². The van der Waals surface area contributed by atoms with E-state index in [1.807, 2.05) is 6.07 Å². The lowest BCUT2D eigenvalue weighted by Crippen LogP contribution is -2.01. The lowest BCUT2D eigenvalue weighted by molar-refractivity contribution is 0.0695. The first kappa shape index (κ1) is 12.3. The predicted octanol–water partition coefficient (Wildman–Crippen LogP) is 2.40. The number of rotatable bonds is 5. The highest BCUT2D eigenvalue weighted by molar-refractivity contribution is 5.89. The fourth-order valence-corrected chi connectivity index (χ4v) is 1.64. The van der Waals surface area contributed by atoms with E-state index in [0.29, 0.717) is 18.8 Å². The molecule has 0 saturated carbocycles. The molecule has 0 aliphatic carbocycles. The zero-order valence-corrected chi connectivity index (χ0v) is 9.92. The van der Waals surface area contributed by atoms with Gasteiger partial charge in [-0.25, -0.2) is 9.78 Å². The highest BCUT2D eigenvalue weighted by atomic mass is 16.5. The number of aryl methyl sites for hydroxylation is 1. The van der Waals surface area contributed by atoms with Gasteiger partial charge in [0, 0.05) is 0 Å². The van der Waals surface area contributed by atoms with Crippen molar-refractivity contribution in [2.45, 2.75) is 20.1 Å². The quantitative estimate of drug-likeness (QED) is 0.878. The van der Waals surface area contributed by atoms with Gasteiger partial charge >= 0.3 is 5.97 Å². The molecule has 1 N–H and O–H groups in total. The maximum absolute atomic E-state index is 10.9. The molecule has 18 heavy (non-hydrogen) atoms. The predicted molar refractivity (Wildman–Crippen MR) is 63.1 cm³/mol. The molecule has 94 valence electrons. The number of carbonyl (C=O) groups is 1. The highest BCUT2D eigenvalue weighted by Gasteiger charge is 2.07. The van der Waals surface area contributed by atoms with Crippen LogP contribution in [0.3, 0.4) is 0 Å². The third-order valence-corrected chi connectivity index (χ3v) is 2.52. The minimum absolute atomic E-state index is 0.315. The van der Waals surface area contributed by atoms with Crippen molar-refractivity contribution < 1.29 is 19.1 Å². The number of carboxylic acid groups (broad SMARTS) is 1. The third kappa shape index (κ3) is 2.95. The van der Waals surface area contributed by atoms with Crippen LogP contribution in [0.1, 0.15) is 27.2 Å². The van der Waals surface area contributed by atoms with E-state index < -0.39 is 5.97 Å². The molecule has 0 atom stereocenters. The van der Waals surface area contributed by atoms with Crippen LogP contribution < -0.4 is 0 Å². The van der Waals surface area contributed by atoms with Gasteiger partial charge in [0.15, 0.2) is 6.39 Å². The largest absolute Gasteiger partial charge is 0.478 e. The summed E-state index contributed by atoms with van der Waals surface area (Å²) in [5.74, 6) is -0.914. The van der Waals surface area contributed by atoms with Gasteiger partial charge in [-0.15, -0.1) is 0 Å². The van der Waals surface area contributed by atoms with Gasteiger partial charge in [-0.1, -0.05) is 12.1 Å². The van der Waals surface area contributed by atoms with E-state index in [4.69, 9.17) is 14.3 Å². The van der Waals surface area contributed by atoms with E-state index in [-0.39, 0.29) is 0 Å². The Bertz CT molecular complexity index is 534. The molecule has 5 nitrogen and oxygen atoms in total. The molecular weight excluding hydrogens is 234 g/mol. The zero-order chi connectivity index (χ0) is 13.0. The van der Waals surface area contributed by atoms with Gasteiger partial charge < -0.3 is 14.3 Å². The Morgan fingerprint density at radius 1 is 1.44 bits per heavy atom. The fourth-order valence-electron chi connectivity index (χ4n) is 1.64. The van der Waals surface area contributed by atoms with Crippen LogP contribution in [0, 0.1) is 6.92 Å². The summed E-state index contributed by atoms with van der Waals surface area (Å²) in [6, 6.07) is 5.15. The molecule has 0 spiro atoms. The molecule has 1 aromatic heterocycles. The van der Waals surface area contributed by atoms with Gasteiger partial charge in [-0.2, -0.15) is 0 Å². The molecule has 0 radical (unpaired) electrons. The first-order valence-corrected chi connectivity index (χ1v) is 5.44. The number of aromatic nitrogens is 1. The van der Waals surface area contributed by atoms with E-state index in [1.54, 1.807) is 19.1 Å². The van der Waals surface area contributed by atoms with Gasteiger partial charge in [-0.3, -0.25) is 0 Å². The van der Waals surface area contributed by atoms with Crippen LogP contribution in [0.15, 0.2) is 35.3 Å². The summed E-state index contributed by atoms with van der Waals surface area (Å²) in [5.41, 5.74) is 2.70. The number of aromatic carboxylic acids is 1. The molecule has 5 heteroatoms. The molecule has 1 aromatic carbocycles. The standard InChI is InChI=1S/C13H13NO4/c1-9-4-10(2-3-12(9)13(15)16)5-17-6-11-7-18-8-14-11/h2-4,7-8H,5-6H2,1H3,(H,15,16).